The fourth-order valence-corrected chi connectivity index (χ4v) is 1.52. The van der Waals surface area contributed by atoms with Crippen LogP contribution in [0.1, 0.15) is 34.1 Å². The van der Waals surface area contributed by atoms with Crippen LogP contribution in [-0.4, -0.2) is 34.2 Å². The fourth-order valence-electron chi connectivity index (χ4n) is 1.07. The molecule has 0 aliphatic rings. The van der Waals surface area contributed by atoms with Crippen LogP contribution in [0.3, 0.4) is 0 Å². The molecule has 0 aliphatic heterocycles. The molecule has 1 amide bonds. The summed E-state index contributed by atoms with van der Waals surface area (Å²) in [5, 5.41) is 2.88. The standard InChI is InChI=1S/C11H24N2O2S/c1-8(16(5)15)6-7-13-10(14)9(12)11(2,3)4/h8-9H,6-7,12H2,1-5H3,(H,13,14)/t8?,9-,16?/m1/s1. The third-order valence-corrected chi connectivity index (χ3v) is 4.00. The maximum Gasteiger partial charge on any atom is 0.237 e. The lowest BCUT2D eigenvalue weighted by Gasteiger charge is -2.26. The van der Waals surface area contributed by atoms with Crippen LogP contribution < -0.4 is 11.1 Å². The molecule has 0 rings (SSSR count). The average Bonchev–Trinajstić information content (AvgIpc) is 2.14. The summed E-state index contributed by atoms with van der Waals surface area (Å²) in [6.45, 7) is 8.23. The van der Waals surface area contributed by atoms with Gasteiger partial charge in [-0.25, -0.2) is 0 Å². The van der Waals surface area contributed by atoms with E-state index in [0.717, 1.165) is 0 Å². The van der Waals surface area contributed by atoms with Crippen molar-refractivity contribution in [2.24, 2.45) is 11.1 Å². The van der Waals surface area contributed by atoms with E-state index in [-0.39, 0.29) is 16.6 Å². The Kier molecular flexibility index (Phi) is 6.18. The summed E-state index contributed by atoms with van der Waals surface area (Å²) in [5.41, 5.74) is 5.57. The van der Waals surface area contributed by atoms with Gasteiger partial charge in [0.2, 0.25) is 5.91 Å². The van der Waals surface area contributed by atoms with Gasteiger partial charge in [0.15, 0.2) is 0 Å². The van der Waals surface area contributed by atoms with Gasteiger partial charge in [0.1, 0.15) is 0 Å². The molecule has 0 heterocycles. The Hall–Kier alpha value is -0.420. The van der Waals surface area contributed by atoms with Crippen LogP contribution in [0.5, 0.6) is 0 Å². The topological polar surface area (TPSA) is 72.2 Å². The van der Waals surface area contributed by atoms with Crippen molar-refractivity contribution in [3.8, 4) is 0 Å². The highest BCUT2D eigenvalue weighted by Crippen LogP contribution is 2.17. The van der Waals surface area contributed by atoms with Crippen molar-refractivity contribution in [3.63, 3.8) is 0 Å². The lowest BCUT2D eigenvalue weighted by atomic mass is 9.87. The first-order valence-electron chi connectivity index (χ1n) is 5.51. The Morgan fingerprint density at radius 1 is 1.44 bits per heavy atom. The van der Waals surface area contributed by atoms with Crippen LogP contribution in [0.2, 0.25) is 0 Å². The Balaban J connectivity index is 3.96. The second-order valence-electron chi connectivity index (χ2n) is 5.23. The van der Waals surface area contributed by atoms with Crippen molar-refractivity contribution >= 4 is 16.7 Å². The summed E-state index contributed by atoms with van der Waals surface area (Å²) in [7, 11) is -0.835. The molecule has 3 atom stereocenters. The van der Waals surface area contributed by atoms with Gasteiger partial charge in [0.05, 0.1) is 6.04 Å². The summed E-state index contributed by atoms with van der Waals surface area (Å²) >= 11 is 0. The molecule has 0 spiro atoms. The number of carbonyl (C=O) groups excluding carboxylic acids is 1. The van der Waals surface area contributed by atoms with Gasteiger partial charge in [-0.15, -0.1) is 0 Å². The molecule has 0 saturated carbocycles. The van der Waals surface area contributed by atoms with E-state index in [1.54, 1.807) is 6.26 Å². The molecule has 0 fully saturated rings. The molecular weight excluding hydrogens is 224 g/mol. The van der Waals surface area contributed by atoms with E-state index in [1.807, 2.05) is 27.7 Å². The SMILES string of the molecule is CC(CCNC(=O)[C@@H](N)C(C)(C)C)S(C)=O. The molecule has 2 unspecified atom stereocenters. The first kappa shape index (κ1) is 15.6. The molecular formula is C11H24N2O2S. The van der Waals surface area contributed by atoms with E-state index in [4.69, 9.17) is 5.73 Å². The smallest absolute Gasteiger partial charge is 0.237 e. The third kappa shape index (κ3) is 5.61. The summed E-state index contributed by atoms with van der Waals surface area (Å²) in [4.78, 5) is 11.6. The largest absolute Gasteiger partial charge is 0.355 e. The van der Waals surface area contributed by atoms with Crippen molar-refractivity contribution in [2.45, 2.75) is 45.4 Å². The highest BCUT2D eigenvalue weighted by Gasteiger charge is 2.27. The zero-order valence-corrected chi connectivity index (χ0v) is 11.7. The van der Waals surface area contributed by atoms with Crippen molar-refractivity contribution < 1.29 is 9.00 Å². The number of nitrogens with two attached hydrogens (primary N) is 1. The molecule has 0 aliphatic carbocycles. The number of rotatable bonds is 5. The normalized spacial score (nSPS) is 17.6. The van der Waals surface area contributed by atoms with E-state index in [2.05, 4.69) is 5.32 Å². The van der Waals surface area contributed by atoms with E-state index in [9.17, 15) is 9.00 Å². The Morgan fingerprint density at radius 2 is 1.94 bits per heavy atom. The van der Waals surface area contributed by atoms with Gasteiger partial charge in [0, 0.05) is 28.9 Å². The second-order valence-corrected chi connectivity index (χ2v) is 7.03. The van der Waals surface area contributed by atoms with E-state index >= 15 is 0 Å². The third-order valence-electron chi connectivity index (χ3n) is 2.63. The number of amides is 1. The maximum absolute atomic E-state index is 11.6. The molecule has 0 saturated heterocycles. The van der Waals surface area contributed by atoms with Gasteiger partial charge >= 0.3 is 0 Å². The van der Waals surface area contributed by atoms with Crippen molar-refractivity contribution in [1.29, 1.82) is 0 Å². The maximum atomic E-state index is 11.6. The van der Waals surface area contributed by atoms with Crippen molar-refractivity contribution in [1.82, 2.24) is 5.32 Å². The van der Waals surface area contributed by atoms with Gasteiger partial charge in [0.25, 0.3) is 0 Å². The summed E-state index contributed by atoms with van der Waals surface area (Å²) < 4.78 is 11.1. The molecule has 4 nitrogen and oxygen atoms in total. The predicted molar refractivity (Wildman–Crippen MR) is 68.6 cm³/mol. The van der Waals surface area contributed by atoms with Gasteiger partial charge in [-0.1, -0.05) is 27.7 Å². The minimum atomic E-state index is -0.835. The molecule has 96 valence electrons. The van der Waals surface area contributed by atoms with Gasteiger partial charge in [-0.3, -0.25) is 9.00 Å². The lowest BCUT2D eigenvalue weighted by Crippen LogP contribution is -2.49. The minimum Gasteiger partial charge on any atom is -0.355 e. The highest BCUT2D eigenvalue weighted by atomic mass is 32.2. The van der Waals surface area contributed by atoms with Crippen molar-refractivity contribution in [2.75, 3.05) is 12.8 Å². The first-order valence-corrected chi connectivity index (χ1v) is 7.14. The molecule has 0 aromatic rings. The zero-order valence-electron chi connectivity index (χ0n) is 10.9. The molecule has 0 aromatic carbocycles. The van der Waals surface area contributed by atoms with Crippen LogP contribution >= 0.6 is 0 Å². The fraction of sp³-hybridized carbons (Fsp3) is 0.909. The Morgan fingerprint density at radius 3 is 2.31 bits per heavy atom. The summed E-state index contributed by atoms with van der Waals surface area (Å²) in [6.07, 6.45) is 2.39. The molecule has 0 bridgehead atoms. The first-order chi connectivity index (χ1) is 7.16. The van der Waals surface area contributed by atoms with Crippen LogP contribution in [0, 0.1) is 5.41 Å². The van der Waals surface area contributed by atoms with E-state index < -0.39 is 16.8 Å². The van der Waals surface area contributed by atoms with Crippen LogP contribution in [0.15, 0.2) is 0 Å². The summed E-state index contributed by atoms with van der Waals surface area (Å²) in [5.74, 6) is -0.137. The molecule has 3 N–H and O–H groups in total. The Labute approximate surface area is 101 Å². The number of nitrogens with one attached hydrogen (secondary N) is 1. The average molecular weight is 248 g/mol. The monoisotopic (exact) mass is 248 g/mol. The molecule has 0 aromatic heterocycles. The van der Waals surface area contributed by atoms with Gasteiger partial charge in [-0.2, -0.15) is 0 Å². The number of carbonyl (C=O) groups is 1. The molecule has 5 heteroatoms. The van der Waals surface area contributed by atoms with Crippen LogP contribution in [0.25, 0.3) is 0 Å². The van der Waals surface area contributed by atoms with Gasteiger partial charge in [-0.05, 0) is 11.8 Å². The Bertz CT molecular complexity index is 261. The highest BCUT2D eigenvalue weighted by molar-refractivity contribution is 7.84. The predicted octanol–water partition coefficient (Wildman–Crippen LogP) is 0.633. The number of hydrogen-bond acceptors (Lipinski definition) is 3. The zero-order chi connectivity index (χ0) is 12.9. The molecule has 0 radical (unpaired) electrons. The number of hydrogen-bond donors (Lipinski definition) is 2. The van der Waals surface area contributed by atoms with E-state index in [1.165, 1.54) is 0 Å². The van der Waals surface area contributed by atoms with Crippen molar-refractivity contribution in [3.05, 3.63) is 0 Å². The van der Waals surface area contributed by atoms with Gasteiger partial charge < -0.3 is 11.1 Å². The van der Waals surface area contributed by atoms with E-state index in [0.29, 0.717) is 13.0 Å². The molecule has 16 heavy (non-hydrogen) atoms. The minimum absolute atomic E-state index is 0.103. The second kappa shape index (κ2) is 6.35. The van der Waals surface area contributed by atoms with Crippen LogP contribution in [0.4, 0.5) is 0 Å². The van der Waals surface area contributed by atoms with Crippen LogP contribution in [-0.2, 0) is 15.6 Å². The summed E-state index contributed by atoms with van der Waals surface area (Å²) in [6, 6.07) is -0.505. The lowest BCUT2D eigenvalue weighted by molar-refractivity contribution is -0.124. The quantitative estimate of drug-likeness (QED) is 0.749.